The van der Waals surface area contributed by atoms with E-state index in [0.717, 1.165) is 5.76 Å². The Morgan fingerprint density at radius 2 is 2.50 bits per heavy atom. The first-order valence-electron chi connectivity index (χ1n) is 5.14. The van der Waals surface area contributed by atoms with Crippen molar-refractivity contribution in [2.45, 2.75) is 19.4 Å². The predicted octanol–water partition coefficient (Wildman–Crippen LogP) is 0.960. The highest BCUT2D eigenvalue weighted by Gasteiger charge is 2.09. The zero-order valence-corrected chi connectivity index (χ0v) is 9.19. The Morgan fingerprint density at radius 1 is 1.69 bits per heavy atom. The number of carbonyl (C=O) groups is 1. The molecule has 0 spiro atoms. The summed E-state index contributed by atoms with van der Waals surface area (Å²) in [6.07, 6.45) is 1.93. The summed E-state index contributed by atoms with van der Waals surface area (Å²) in [5.74, 6) is 0.679. The van der Waals surface area contributed by atoms with Crippen LogP contribution >= 0.6 is 0 Å². The van der Waals surface area contributed by atoms with Gasteiger partial charge in [-0.3, -0.25) is 10.1 Å². The van der Waals surface area contributed by atoms with Crippen molar-refractivity contribution in [3.05, 3.63) is 24.2 Å². The molecule has 0 aromatic carbocycles. The van der Waals surface area contributed by atoms with E-state index in [1.165, 1.54) is 0 Å². The van der Waals surface area contributed by atoms with E-state index in [-0.39, 0.29) is 18.5 Å². The van der Waals surface area contributed by atoms with Gasteiger partial charge in [-0.25, -0.2) is 0 Å². The fourth-order valence-electron chi connectivity index (χ4n) is 1.20. The standard InChI is InChI=1S/C11H15N3O2/c1-9(10-4-2-7-16-10)14-8-11(15)13-6-3-5-12/h2,4,7,9,14H,3,6,8H2,1H3,(H,13,15)/t9-/m1/s1. The van der Waals surface area contributed by atoms with Gasteiger partial charge in [-0.05, 0) is 19.1 Å². The van der Waals surface area contributed by atoms with E-state index >= 15 is 0 Å². The average Bonchev–Trinajstić information content (AvgIpc) is 2.79. The molecule has 1 heterocycles. The first kappa shape index (κ1) is 12.3. The van der Waals surface area contributed by atoms with Crippen LogP contribution in [0, 0.1) is 11.3 Å². The van der Waals surface area contributed by atoms with Crippen LogP contribution in [-0.4, -0.2) is 19.0 Å². The van der Waals surface area contributed by atoms with Crippen molar-refractivity contribution in [2.75, 3.05) is 13.1 Å². The van der Waals surface area contributed by atoms with Crippen LogP contribution in [0.25, 0.3) is 0 Å². The highest BCUT2D eigenvalue weighted by atomic mass is 16.3. The van der Waals surface area contributed by atoms with Gasteiger partial charge in [0.15, 0.2) is 0 Å². The molecule has 1 amide bonds. The SMILES string of the molecule is C[C@@H](NCC(=O)NCCC#N)c1ccco1. The number of hydrogen-bond donors (Lipinski definition) is 2. The van der Waals surface area contributed by atoms with Gasteiger partial charge in [-0.1, -0.05) is 0 Å². The molecule has 0 aliphatic carbocycles. The fraction of sp³-hybridized carbons (Fsp3) is 0.455. The molecule has 1 rings (SSSR count). The Balaban J connectivity index is 2.19. The van der Waals surface area contributed by atoms with E-state index in [0.29, 0.717) is 13.0 Å². The van der Waals surface area contributed by atoms with Crippen molar-refractivity contribution in [3.63, 3.8) is 0 Å². The van der Waals surface area contributed by atoms with Crippen molar-refractivity contribution in [1.29, 1.82) is 5.26 Å². The normalized spacial score (nSPS) is 11.8. The molecule has 0 aliphatic heterocycles. The Hall–Kier alpha value is -1.80. The zero-order chi connectivity index (χ0) is 11.8. The number of nitriles is 1. The van der Waals surface area contributed by atoms with Crippen LogP contribution in [0.4, 0.5) is 0 Å². The molecule has 0 aliphatic rings. The summed E-state index contributed by atoms with van der Waals surface area (Å²) in [4.78, 5) is 11.3. The lowest BCUT2D eigenvalue weighted by molar-refractivity contribution is -0.120. The average molecular weight is 221 g/mol. The van der Waals surface area contributed by atoms with Crippen molar-refractivity contribution in [1.82, 2.24) is 10.6 Å². The van der Waals surface area contributed by atoms with E-state index in [4.69, 9.17) is 9.68 Å². The van der Waals surface area contributed by atoms with Crippen LogP contribution in [0.15, 0.2) is 22.8 Å². The van der Waals surface area contributed by atoms with Crippen molar-refractivity contribution in [3.8, 4) is 6.07 Å². The minimum Gasteiger partial charge on any atom is -0.468 e. The second kappa shape index (κ2) is 6.64. The number of nitrogens with zero attached hydrogens (tertiary/aromatic N) is 1. The predicted molar refractivity (Wildman–Crippen MR) is 58.4 cm³/mol. The maximum absolute atomic E-state index is 11.3. The summed E-state index contributed by atoms with van der Waals surface area (Å²) in [5.41, 5.74) is 0. The zero-order valence-electron chi connectivity index (χ0n) is 9.19. The van der Waals surface area contributed by atoms with Gasteiger partial charge in [0.05, 0.1) is 31.3 Å². The summed E-state index contributed by atoms with van der Waals surface area (Å²) in [6.45, 7) is 2.53. The molecule has 0 bridgehead atoms. The van der Waals surface area contributed by atoms with Gasteiger partial charge in [0, 0.05) is 6.54 Å². The Kier molecular flexibility index (Phi) is 5.09. The number of amides is 1. The number of hydrogen-bond acceptors (Lipinski definition) is 4. The van der Waals surface area contributed by atoms with Gasteiger partial charge >= 0.3 is 0 Å². The lowest BCUT2D eigenvalue weighted by Gasteiger charge is -2.10. The number of rotatable bonds is 6. The summed E-state index contributed by atoms with van der Waals surface area (Å²) in [7, 11) is 0. The minimum absolute atomic E-state index is 0.00304. The van der Waals surface area contributed by atoms with Gasteiger partial charge in [0.25, 0.3) is 0 Å². The van der Waals surface area contributed by atoms with E-state index in [1.807, 2.05) is 19.1 Å². The minimum atomic E-state index is -0.117. The Bertz CT molecular complexity index is 354. The van der Waals surface area contributed by atoms with Crippen LogP contribution in [0.3, 0.4) is 0 Å². The van der Waals surface area contributed by atoms with Crippen molar-refractivity contribution >= 4 is 5.91 Å². The molecule has 2 N–H and O–H groups in total. The third-order valence-electron chi connectivity index (χ3n) is 2.10. The third kappa shape index (κ3) is 4.15. The molecule has 5 heteroatoms. The number of nitrogens with one attached hydrogen (secondary N) is 2. The molecule has 0 saturated heterocycles. The molecule has 1 aromatic heterocycles. The monoisotopic (exact) mass is 221 g/mol. The van der Waals surface area contributed by atoms with Gasteiger partial charge in [-0.2, -0.15) is 5.26 Å². The van der Waals surface area contributed by atoms with Crippen LogP contribution in [0.5, 0.6) is 0 Å². The van der Waals surface area contributed by atoms with Crippen LogP contribution in [0.1, 0.15) is 25.1 Å². The largest absolute Gasteiger partial charge is 0.468 e. The topological polar surface area (TPSA) is 78.1 Å². The van der Waals surface area contributed by atoms with Gasteiger partial charge in [-0.15, -0.1) is 0 Å². The first-order valence-corrected chi connectivity index (χ1v) is 5.14. The summed E-state index contributed by atoms with van der Waals surface area (Å²) < 4.78 is 5.19. The molecule has 5 nitrogen and oxygen atoms in total. The van der Waals surface area contributed by atoms with Crippen molar-refractivity contribution in [2.24, 2.45) is 0 Å². The lowest BCUT2D eigenvalue weighted by atomic mass is 10.2. The third-order valence-corrected chi connectivity index (χ3v) is 2.10. The lowest BCUT2D eigenvalue weighted by Crippen LogP contribution is -2.35. The summed E-state index contributed by atoms with van der Waals surface area (Å²) in [6, 6.07) is 5.62. The second-order valence-corrected chi connectivity index (χ2v) is 3.38. The van der Waals surface area contributed by atoms with E-state index in [9.17, 15) is 4.79 Å². The van der Waals surface area contributed by atoms with Crippen LogP contribution < -0.4 is 10.6 Å². The first-order chi connectivity index (χ1) is 7.74. The smallest absolute Gasteiger partial charge is 0.234 e. The number of carbonyl (C=O) groups excluding carboxylic acids is 1. The maximum atomic E-state index is 11.3. The fourth-order valence-corrected chi connectivity index (χ4v) is 1.20. The molecule has 0 fully saturated rings. The molecule has 0 saturated carbocycles. The summed E-state index contributed by atoms with van der Waals surface area (Å²) >= 11 is 0. The molecule has 86 valence electrons. The molecule has 16 heavy (non-hydrogen) atoms. The maximum Gasteiger partial charge on any atom is 0.234 e. The number of furan rings is 1. The van der Waals surface area contributed by atoms with E-state index in [2.05, 4.69) is 10.6 Å². The highest BCUT2D eigenvalue weighted by molar-refractivity contribution is 5.78. The molecule has 0 unspecified atom stereocenters. The molecule has 1 atom stereocenters. The van der Waals surface area contributed by atoms with Crippen molar-refractivity contribution < 1.29 is 9.21 Å². The molecular formula is C11H15N3O2. The second-order valence-electron chi connectivity index (χ2n) is 3.38. The van der Waals surface area contributed by atoms with E-state index < -0.39 is 0 Å². The molecule has 1 aromatic rings. The van der Waals surface area contributed by atoms with Crippen LogP contribution in [-0.2, 0) is 4.79 Å². The van der Waals surface area contributed by atoms with E-state index in [1.54, 1.807) is 12.3 Å². The van der Waals surface area contributed by atoms with Gasteiger partial charge < -0.3 is 9.73 Å². The quantitative estimate of drug-likeness (QED) is 0.701. The van der Waals surface area contributed by atoms with Crippen LogP contribution in [0.2, 0.25) is 0 Å². The Morgan fingerprint density at radius 3 is 3.12 bits per heavy atom. The molecular weight excluding hydrogens is 206 g/mol. The summed E-state index contributed by atoms with van der Waals surface area (Å²) in [5, 5.41) is 13.9. The highest BCUT2D eigenvalue weighted by Crippen LogP contribution is 2.11. The van der Waals surface area contributed by atoms with Gasteiger partial charge in [0.1, 0.15) is 5.76 Å². The van der Waals surface area contributed by atoms with Gasteiger partial charge in [0.2, 0.25) is 5.91 Å². The Labute approximate surface area is 94.4 Å². The molecule has 0 radical (unpaired) electrons.